The zero-order chi connectivity index (χ0) is 18.1. The highest BCUT2D eigenvalue weighted by molar-refractivity contribution is 6.15. The number of hydrogen-bond acceptors (Lipinski definition) is 5. The summed E-state index contributed by atoms with van der Waals surface area (Å²) in [5.41, 5.74) is 0.818. The van der Waals surface area contributed by atoms with E-state index in [4.69, 9.17) is 9.47 Å². The maximum Gasteiger partial charge on any atom is 0.412 e. The van der Waals surface area contributed by atoms with Crippen molar-refractivity contribution < 1.29 is 23.9 Å². The van der Waals surface area contributed by atoms with Crippen molar-refractivity contribution in [3.8, 4) is 0 Å². The van der Waals surface area contributed by atoms with Gasteiger partial charge < -0.3 is 14.5 Å². The number of benzene rings is 1. The molecule has 0 aliphatic carbocycles. The van der Waals surface area contributed by atoms with Crippen LogP contribution in [0.2, 0.25) is 0 Å². The number of Topliss-reactive ketones (excluding diaryl/α,β-unsaturated/α-hetero) is 1. The average molecular weight is 332 g/mol. The van der Waals surface area contributed by atoms with Gasteiger partial charge in [-0.15, -0.1) is 0 Å². The zero-order valence-electron chi connectivity index (χ0n) is 14.3. The van der Waals surface area contributed by atoms with E-state index in [1.165, 1.54) is 26.3 Å². The lowest BCUT2D eigenvalue weighted by molar-refractivity contribution is 0.0598. The number of anilines is 1. The summed E-state index contributed by atoms with van der Waals surface area (Å²) < 4.78 is 9.97. The molecule has 2 N–H and O–H groups in total. The molecule has 0 spiro atoms. The summed E-state index contributed by atoms with van der Waals surface area (Å²) in [5.74, 6) is -0.783. The first kappa shape index (κ1) is 17.5. The lowest BCUT2D eigenvalue weighted by Crippen LogP contribution is -2.27. The van der Waals surface area contributed by atoms with Crippen LogP contribution in [0.15, 0.2) is 18.3 Å². The van der Waals surface area contributed by atoms with E-state index < -0.39 is 17.7 Å². The molecular weight excluding hydrogens is 312 g/mol. The molecular formula is C17H20N2O5. The number of hydrogen-bond donors (Lipinski definition) is 2. The maximum absolute atomic E-state index is 12.1. The Hall–Kier alpha value is -2.83. The number of aromatic nitrogens is 1. The molecule has 7 nitrogen and oxygen atoms in total. The predicted octanol–water partition coefficient (Wildman–Crippen LogP) is 3.50. The summed E-state index contributed by atoms with van der Waals surface area (Å²) in [4.78, 5) is 38.7. The van der Waals surface area contributed by atoms with Crippen molar-refractivity contribution >= 4 is 34.4 Å². The van der Waals surface area contributed by atoms with Gasteiger partial charge >= 0.3 is 12.1 Å². The molecule has 0 saturated carbocycles. The number of H-pyrrole nitrogens is 1. The molecule has 0 aliphatic rings. The van der Waals surface area contributed by atoms with Crippen molar-refractivity contribution in [2.24, 2.45) is 0 Å². The highest BCUT2D eigenvalue weighted by Gasteiger charge is 2.21. The molecule has 0 atom stereocenters. The topological polar surface area (TPSA) is 97.5 Å². The summed E-state index contributed by atoms with van der Waals surface area (Å²) in [7, 11) is 1.25. The molecule has 1 heterocycles. The van der Waals surface area contributed by atoms with Crippen LogP contribution in [0.4, 0.5) is 10.5 Å². The van der Waals surface area contributed by atoms with Gasteiger partial charge in [0.25, 0.3) is 0 Å². The Bertz CT molecular complexity index is 814. The quantitative estimate of drug-likeness (QED) is 0.662. The second-order valence-corrected chi connectivity index (χ2v) is 6.32. The SMILES string of the molecule is COC(=O)c1cc(NC(=O)OC(C)(C)C)cc2[nH]cc(C(C)=O)c12. The fourth-order valence-electron chi connectivity index (χ4n) is 2.31. The van der Waals surface area contributed by atoms with Crippen LogP contribution < -0.4 is 5.32 Å². The molecule has 0 fully saturated rings. The number of carbonyl (C=O) groups is 3. The monoisotopic (exact) mass is 332 g/mol. The van der Waals surface area contributed by atoms with Gasteiger partial charge in [0.2, 0.25) is 0 Å². The number of ether oxygens (including phenoxy) is 2. The van der Waals surface area contributed by atoms with Crippen LogP contribution in [0.25, 0.3) is 10.9 Å². The van der Waals surface area contributed by atoms with Crippen molar-refractivity contribution in [1.82, 2.24) is 4.98 Å². The first-order valence-electron chi connectivity index (χ1n) is 7.37. The number of fused-ring (bicyclic) bond motifs is 1. The van der Waals surface area contributed by atoms with Gasteiger partial charge in [0.1, 0.15) is 5.60 Å². The Morgan fingerprint density at radius 1 is 1.12 bits per heavy atom. The zero-order valence-corrected chi connectivity index (χ0v) is 14.3. The maximum atomic E-state index is 12.1. The van der Waals surface area contributed by atoms with E-state index in [-0.39, 0.29) is 11.3 Å². The van der Waals surface area contributed by atoms with Gasteiger partial charge in [0, 0.05) is 28.4 Å². The van der Waals surface area contributed by atoms with E-state index in [9.17, 15) is 14.4 Å². The van der Waals surface area contributed by atoms with Gasteiger partial charge in [-0.1, -0.05) is 0 Å². The van der Waals surface area contributed by atoms with Gasteiger partial charge in [0.05, 0.1) is 12.7 Å². The van der Waals surface area contributed by atoms with Crippen LogP contribution in [-0.2, 0) is 9.47 Å². The lowest BCUT2D eigenvalue weighted by Gasteiger charge is -2.19. The Kier molecular flexibility index (Phi) is 4.64. The summed E-state index contributed by atoms with van der Waals surface area (Å²) in [6.45, 7) is 6.66. The molecule has 0 aliphatic heterocycles. The third kappa shape index (κ3) is 3.73. The predicted molar refractivity (Wildman–Crippen MR) is 89.5 cm³/mol. The number of methoxy groups -OCH3 is 1. The van der Waals surface area contributed by atoms with E-state index in [0.29, 0.717) is 22.2 Å². The fourth-order valence-corrected chi connectivity index (χ4v) is 2.31. The van der Waals surface area contributed by atoms with Crippen LogP contribution in [0, 0.1) is 0 Å². The normalized spacial score (nSPS) is 11.2. The number of rotatable bonds is 3. The van der Waals surface area contributed by atoms with E-state index in [0.717, 1.165) is 0 Å². The Morgan fingerprint density at radius 2 is 1.79 bits per heavy atom. The van der Waals surface area contributed by atoms with Gasteiger partial charge in [-0.25, -0.2) is 9.59 Å². The second-order valence-electron chi connectivity index (χ2n) is 6.32. The van der Waals surface area contributed by atoms with Crippen LogP contribution in [0.1, 0.15) is 48.4 Å². The van der Waals surface area contributed by atoms with Crippen LogP contribution in [0.3, 0.4) is 0 Å². The van der Waals surface area contributed by atoms with Crippen LogP contribution in [-0.4, -0.2) is 35.5 Å². The van der Waals surface area contributed by atoms with Crippen molar-refractivity contribution in [2.45, 2.75) is 33.3 Å². The van der Waals surface area contributed by atoms with Gasteiger partial charge in [-0.05, 0) is 39.8 Å². The molecule has 0 unspecified atom stereocenters. The third-order valence-electron chi connectivity index (χ3n) is 3.21. The lowest BCUT2D eigenvalue weighted by atomic mass is 10.0. The molecule has 0 bridgehead atoms. The fraction of sp³-hybridized carbons (Fsp3) is 0.353. The highest BCUT2D eigenvalue weighted by Crippen LogP contribution is 2.28. The third-order valence-corrected chi connectivity index (χ3v) is 3.21. The first-order chi connectivity index (χ1) is 11.1. The van der Waals surface area contributed by atoms with Gasteiger partial charge in [-0.3, -0.25) is 10.1 Å². The number of esters is 1. The van der Waals surface area contributed by atoms with Crippen LogP contribution in [0.5, 0.6) is 0 Å². The highest BCUT2D eigenvalue weighted by atomic mass is 16.6. The molecule has 128 valence electrons. The minimum Gasteiger partial charge on any atom is -0.465 e. The van der Waals surface area contributed by atoms with Crippen molar-refractivity contribution in [1.29, 1.82) is 0 Å². The number of nitrogens with one attached hydrogen (secondary N) is 2. The average Bonchev–Trinajstić information content (AvgIpc) is 2.87. The Labute approximate surface area is 139 Å². The minimum atomic E-state index is -0.645. The Morgan fingerprint density at radius 3 is 2.33 bits per heavy atom. The van der Waals surface area contributed by atoms with E-state index in [1.54, 1.807) is 26.8 Å². The number of carbonyl (C=O) groups excluding carboxylic acids is 3. The molecule has 0 saturated heterocycles. The molecule has 1 amide bonds. The smallest absolute Gasteiger partial charge is 0.412 e. The molecule has 2 rings (SSSR count). The minimum absolute atomic E-state index is 0.181. The molecule has 1 aromatic heterocycles. The van der Waals surface area contributed by atoms with Crippen molar-refractivity contribution in [2.75, 3.05) is 12.4 Å². The number of aromatic amines is 1. The largest absolute Gasteiger partial charge is 0.465 e. The number of ketones is 1. The summed E-state index contributed by atoms with van der Waals surface area (Å²) in [6, 6.07) is 3.08. The molecule has 24 heavy (non-hydrogen) atoms. The summed E-state index contributed by atoms with van der Waals surface area (Å²) in [6.07, 6.45) is 0.882. The van der Waals surface area contributed by atoms with Gasteiger partial charge in [-0.2, -0.15) is 0 Å². The summed E-state index contributed by atoms with van der Waals surface area (Å²) in [5, 5.41) is 3.04. The number of amides is 1. The van der Waals surface area contributed by atoms with E-state index >= 15 is 0 Å². The van der Waals surface area contributed by atoms with Crippen molar-refractivity contribution in [3.05, 3.63) is 29.5 Å². The van der Waals surface area contributed by atoms with E-state index in [2.05, 4.69) is 10.3 Å². The standard InChI is InChI=1S/C17H20N2O5/c1-9(20)12-8-18-13-7-10(19-16(22)24-17(2,3)4)6-11(14(12)13)15(21)23-5/h6-8,18H,1-5H3,(H,19,22). The van der Waals surface area contributed by atoms with Crippen LogP contribution >= 0.6 is 0 Å². The summed E-state index contributed by atoms with van der Waals surface area (Å²) >= 11 is 0. The Balaban J connectivity index is 2.49. The van der Waals surface area contributed by atoms with Crippen molar-refractivity contribution in [3.63, 3.8) is 0 Å². The molecule has 7 heteroatoms. The molecule has 0 radical (unpaired) electrons. The van der Waals surface area contributed by atoms with Gasteiger partial charge in [0.15, 0.2) is 5.78 Å². The van der Waals surface area contributed by atoms with E-state index in [1.807, 2.05) is 0 Å². The molecule has 1 aromatic carbocycles. The molecule has 2 aromatic rings. The second kappa shape index (κ2) is 6.35. The first-order valence-corrected chi connectivity index (χ1v) is 7.37.